The Morgan fingerprint density at radius 2 is 1.75 bits per heavy atom. The quantitative estimate of drug-likeness (QED) is 0.342. The van der Waals surface area contributed by atoms with E-state index in [1.165, 1.54) is 0 Å². The zero-order chi connectivity index (χ0) is 22.1. The molecule has 0 atom stereocenters. The lowest BCUT2D eigenvalue weighted by atomic mass is 10.2. The SMILES string of the molecule is CSc1nn(-c2ccccc2)c(C)c1-c1ccnc(Nc2ccc3nc(C)ccc3c2)n1. The van der Waals surface area contributed by atoms with E-state index in [0.29, 0.717) is 5.95 Å². The summed E-state index contributed by atoms with van der Waals surface area (Å²) in [5, 5.41) is 10.2. The zero-order valence-electron chi connectivity index (χ0n) is 18.1. The van der Waals surface area contributed by atoms with Gasteiger partial charge in [-0.1, -0.05) is 24.3 Å². The number of nitrogens with one attached hydrogen (secondary N) is 1. The molecular weight excluding hydrogens is 416 g/mol. The predicted octanol–water partition coefficient (Wildman–Crippen LogP) is 5.96. The van der Waals surface area contributed by atoms with Crippen LogP contribution in [0.5, 0.6) is 0 Å². The van der Waals surface area contributed by atoms with E-state index in [2.05, 4.69) is 46.5 Å². The fourth-order valence-corrected chi connectivity index (χ4v) is 4.35. The van der Waals surface area contributed by atoms with Gasteiger partial charge in [0.25, 0.3) is 0 Å². The van der Waals surface area contributed by atoms with Crippen LogP contribution < -0.4 is 5.32 Å². The molecule has 0 bridgehead atoms. The second-order valence-electron chi connectivity index (χ2n) is 7.47. The second kappa shape index (κ2) is 8.43. The van der Waals surface area contributed by atoms with Gasteiger partial charge in [0.15, 0.2) is 0 Å². The fraction of sp³-hybridized carbons (Fsp3) is 0.120. The molecule has 3 aromatic heterocycles. The molecule has 5 aromatic rings. The minimum Gasteiger partial charge on any atom is -0.324 e. The Morgan fingerprint density at radius 1 is 0.906 bits per heavy atom. The van der Waals surface area contributed by atoms with Crippen LogP contribution in [-0.2, 0) is 0 Å². The maximum absolute atomic E-state index is 4.82. The normalized spacial score (nSPS) is 11.1. The van der Waals surface area contributed by atoms with Crippen molar-refractivity contribution in [2.75, 3.05) is 11.6 Å². The molecular formula is C25H22N6S. The third-order valence-corrected chi connectivity index (χ3v) is 5.95. The number of pyridine rings is 1. The standard InChI is InChI=1S/C25H22N6S/c1-16-9-10-18-15-19(11-12-21(18)27-16)28-25-26-14-13-22(29-25)23-17(2)31(30-24(23)32-3)20-7-5-4-6-8-20/h4-15H,1-3H3,(H,26,28,29). The van der Waals surface area contributed by atoms with Crippen molar-refractivity contribution in [3.8, 4) is 16.9 Å². The minimum atomic E-state index is 0.542. The van der Waals surface area contributed by atoms with Crippen molar-refractivity contribution < 1.29 is 0 Å². The third-order valence-electron chi connectivity index (χ3n) is 5.27. The van der Waals surface area contributed by atoms with Gasteiger partial charge in [-0.05, 0) is 62.6 Å². The second-order valence-corrected chi connectivity index (χ2v) is 8.26. The van der Waals surface area contributed by atoms with Crippen LogP contribution in [0.2, 0.25) is 0 Å². The highest BCUT2D eigenvalue weighted by molar-refractivity contribution is 7.98. The number of hydrogen-bond donors (Lipinski definition) is 1. The number of anilines is 2. The highest BCUT2D eigenvalue weighted by atomic mass is 32.2. The lowest BCUT2D eigenvalue weighted by Crippen LogP contribution is -2.00. The van der Waals surface area contributed by atoms with Crippen molar-refractivity contribution in [3.05, 3.63) is 84.3 Å². The summed E-state index contributed by atoms with van der Waals surface area (Å²) < 4.78 is 1.97. The molecule has 5 rings (SSSR count). The zero-order valence-corrected chi connectivity index (χ0v) is 18.9. The van der Waals surface area contributed by atoms with Gasteiger partial charge in [-0.15, -0.1) is 11.8 Å². The highest BCUT2D eigenvalue weighted by Gasteiger charge is 2.18. The molecule has 1 N–H and O–H groups in total. The van der Waals surface area contributed by atoms with Crippen molar-refractivity contribution in [2.24, 2.45) is 0 Å². The van der Waals surface area contributed by atoms with E-state index in [1.54, 1.807) is 18.0 Å². The third kappa shape index (κ3) is 3.83. The molecule has 0 saturated carbocycles. The van der Waals surface area contributed by atoms with Crippen LogP contribution in [-0.4, -0.2) is 31.0 Å². The summed E-state index contributed by atoms with van der Waals surface area (Å²) in [4.78, 5) is 13.8. The van der Waals surface area contributed by atoms with Crippen molar-refractivity contribution >= 4 is 34.3 Å². The van der Waals surface area contributed by atoms with Crippen LogP contribution in [0.4, 0.5) is 11.6 Å². The molecule has 0 unspecified atom stereocenters. The van der Waals surface area contributed by atoms with Crippen LogP contribution >= 0.6 is 11.8 Å². The number of hydrogen-bond acceptors (Lipinski definition) is 6. The van der Waals surface area contributed by atoms with Crippen LogP contribution in [0.1, 0.15) is 11.4 Å². The molecule has 0 aliphatic carbocycles. The first-order valence-electron chi connectivity index (χ1n) is 10.3. The fourth-order valence-electron chi connectivity index (χ4n) is 3.73. The summed E-state index contributed by atoms with van der Waals surface area (Å²) in [5.41, 5.74) is 6.82. The number of aromatic nitrogens is 5. The molecule has 0 aliphatic heterocycles. The number of para-hydroxylation sites is 1. The molecule has 0 aliphatic rings. The Kier molecular flexibility index (Phi) is 5.33. The van der Waals surface area contributed by atoms with Crippen LogP contribution in [0.25, 0.3) is 27.8 Å². The van der Waals surface area contributed by atoms with Gasteiger partial charge in [0, 0.05) is 23.0 Å². The molecule has 6 nitrogen and oxygen atoms in total. The Morgan fingerprint density at radius 3 is 2.56 bits per heavy atom. The van der Waals surface area contributed by atoms with E-state index < -0.39 is 0 Å². The van der Waals surface area contributed by atoms with E-state index in [-0.39, 0.29) is 0 Å². The van der Waals surface area contributed by atoms with Gasteiger partial charge in [-0.25, -0.2) is 14.6 Å². The molecule has 0 radical (unpaired) electrons. The van der Waals surface area contributed by atoms with Gasteiger partial charge in [0.2, 0.25) is 5.95 Å². The molecule has 2 aromatic carbocycles. The summed E-state index contributed by atoms with van der Waals surface area (Å²) in [6, 6.07) is 22.2. The molecule has 158 valence electrons. The van der Waals surface area contributed by atoms with Gasteiger partial charge in [0.05, 0.1) is 28.2 Å². The summed E-state index contributed by atoms with van der Waals surface area (Å²) in [6.45, 7) is 4.07. The Bertz CT molecular complexity index is 1410. The summed E-state index contributed by atoms with van der Waals surface area (Å²) in [5.74, 6) is 0.542. The maximum atomic E-state index is 4.82. The van der Waals surface area contributed by atoms with Crippen LogP contribution in [0.3, 0.4) is 0 Å². The Balaban J connectivity index is 1.51. The molecule has 32 heavy (non-hydrogen) atoms. The molecule has 0 spiro atoms. The van der Waals surface area contributed by atoms with E-state index >= 15 is 0 Å². The number of nitrogens with zero attached hydrogens (tertiary/aromatic N) is 5. The number of aryl methyl sites for hydroxylation is 1. The van der Waals surface area contributed by atoms with Crippen LogP contribution in [0, 0.1) is 13.8 Å². The first-order chi connectivity index (χ1) is 15.6. The molecule has 3 heterocycles. The monoisotopic (exact) mass is 438 g/mol. The van der Waals surface area contributed by atoms with Gasteiger partial charge in [0.1, 0.15) is 5.03 Å². The lowest BCUT2D eigenvalue weighted by molar-refractivity contribution is 0.814. The first-order valence-corrected chi connectivity index (χ1v) is 11.5. The molecule has 0 saturated heterocycles. The maximum Gasteiger partial charge on any atom is 0.227 e. The summed E-state index contributed by atoms with van der Waals surface area (Å²) in [7, 11) is 0. The summed E-state index contributed by atoms with van der Waals surface area (Å²) >= 11 is 1.61. The highest BCUT2D eigenvalue weighted by Crippen LogP contribution is 2.33. The van der Waals surface area contributed by atoms with E-state index in [1.807, 2.05) is 60.3 Å². The van der Waals surface area contributed by atoms with Crippen molar-refractivity contribution in [1.82, 2.24) is 24.7 Å². The van der Waals surface area contributed by atoms with Gasteiger partial charge in [-0.2, -0.15) is 5.10 Å². The Hall–Kier alpha value is -3.71. The molecule has 0 fully saturated rings. The van der Waals surface area contributed by atoms with Gasteiger partial charge in [-0.3, -0.25) is 4.98 Å². The first kappa shape index (κ1) is 20.2. The summed E-state index contributed by atoms with van der Waals surface area (Å²) in [6.07, 6.45) is 3.81. The molecule has 0 amide bonds. The Labute approximate surface area is 190 Å². The number of rotatable bonds is 5. The number of benzene rings is 2. The number of thioether (sulfide) groups is 1. The number of fused-ring (bicyclic) bond motifs is 1. The van der Waals surface area contributed by atoms with Crippen LogP contribution in [0.15, 0.2) is 78.0 Å². The average molecular weight is 439 g/mol. The van der Waals surface area contributed by atoms with E-state index in [4.69, 9.17) is 10.1 Å². The average Bonchev–Trinajstić information content (AvgIpc) is 3.16. The predicted molar refractivity (Wildman–Crippen MR) is 131 cm³/mol. The van der Waals surface area contributed by atoms with E-state index in [0.717, 1.165) is 49.9 Å². The minimum absolute atomic E-state index is 0.542. The topological polar surface area (TPSA) is 68.5 Å². The van der Waals surface area contributed by atoms with E-state index in [9.17, 15) is 0 Å². The van der Waals surface area contributed by atoms with Crippen molar-refractivity contribution in [3.63, 3.8) is 0 Å². The van der Waals surface area contributed by atoms with Crippen molar-refractivity contribution in [2.45, 2.75) is 18.9 Å². The lowest BCUT2D eigenvalue weighted by Gasteiger charge is -2.09. The smallest absolute Gasteiger partial charge is 0.227 e. The molecule has 7 heteroatoms. The van der Waals surface area contributed by atoms with Crippen molar-refractivity contribution in [1.29, 1.82) is 0 Å². The van der Waals surface area contributed by atoms with Gasteiger partial charge < -0.3 is 5.32 Å². The largest absolute Gasteiger partial charge is 0.324 e. The van der Waals surface area contributed by atoms with Gasteiger partial charge >= 0.3 is 0 Å².